The number of nitrogens with one attached hydrogen (secondary N) is 1. The molecule has 3 aromatic rings. The van der Waals surface area contributed by atoms with Crippen molar-refractivity contribution in [2.45, 2.75) is 6.92 Å². The number of nitrogens with zero attached hydrogens (tertiary/aromatic N) is 4. The lowest BCUT2D eigenvalue weighted by molar-refractivity contribution is 0.102. The summed E-state index contributed by atoms with van der Waals surface area (Å²) in [5.74, 6) is 0.241. The summed E-state index contributed by atoms with van der Waals surface area (Å²) in [6, 6.07) is 17.7. The Morgan fingerprint density at radius 1 is 0.897 bits per heavy atom. The maximum atomic E-state index is 13.1. The minimum absolute atomic E-state index is 0.228. The number of carbonyl (C=O) groups is 1. The topological polar surface area (TPSA) is 61.4 Å². The molecule has 7 heteroatoms. The Bertz CT molecular complexity index is 983. The zero-order chi connectivity index (χ0) is 20.2. The highest BCUT2D eigenvalue weighted by Gasteiger charge is 2.19. The fourth-order valence-electron chi connectivity index (χ4n) is 3.36. The van der Waals surface area contributed by atoms with Crippen molar-refractivity contribution in [2.24, 2.45) is 0 Å². The van der Waals surface area contributed by atoms with Crippen LogP contribution in [0.15, 0.2) is 60.7 Å². The molecule has 0 unspecified atom stereocenters. The van der Waals surface area contributed by atoms with Gasteiger partial charge in [-0.2, -0.15) is 0 Å². The molecule has 0 radical (unpaired) electrons. The minimum atomic E-state index is -0.278. The van der Waals surface area contributed by atoms with Crippen LogP contribution < -0.4 is 15.1 Å². The Hall–Kier alpha value is -3.48. The summed E-state index contributed by atoms with van der Waals surface area (Å²) in [5.41, 5.74) is 3.05. The Kier molecular flexibility index (Phi) is 5.37. The van der Waals surface area contributed by atoms with Gasteiger partial charge in [-0.1, -0.05) is 18.2 Å². The van der Waals surface area contributed by atoms with Crippen LogP contribution in [0.3, 0.4) is 0 Å². The second-order valence-electron chi connectivity index (χ2n) is 7.00. The number of piperazine rings is 1. The number of amides is 1. The van der Waals surface area contributed by atoms with Crippen molar-refractivity contribution in [2.75, 3.05) is 41.3 Å². The maximum Gasteiger partial charge on any atom is 0.276 e. The first-order valence-corrected chi connectivity index (χ1v) is 9.56. The normalized spacial score (nSPS) is 14.0. The van der Waals surface area contributed by atoms with E-state index in [1.807, 2.05) is 37.3 Å². The van der Waals surface area contributed by atoms with E-state index in [1.54, 1.807) is 18.2 Å². The molecule has 1 aliphatic heterocycles. The maximum absolute atomic E-state index is 13.1. The number of halogens is 1. The fraction of sp³-hybridized carbons (Fsp3) is 0.227. The smallest absolute Gasteiger partial charge is 0.276 e. The van der Waals surface area contributed by atoms with E-state index in [0.717, 1.165) is 48.9 Å². The van der Waals surface area contributed by atoms with Crippen LogP contribution in [-0.4, -0.2) is 42.3 Å². The second-order valence-corrected chi connectivity index (χ2v) is 7.00. The molecule has 0 aliphatic carbocycles. The van der Waals surface area contributed by atoms with E-state index in [-0.39, 0.29) is 17.4 Å². The van der Waals surface area contributed by atoms with Gasteiger partial charge in [0, 0.05) is 37.6 Å². The quantitative estimate of drug-likeness (QED) is 0.738. The van der Waals surface area contributed by atoms with Gasteiger partial charge in [0.2, 0.25) is 0 Å². The molecule has 0 bridgehead atoms. The first-order chi connectivity index (χ1) is 14.1. The van der Waals surface area contributed by atoms with Crippen LogP contribution in [0, 0.1) is 12.7 Å². The molecule has 2 heterocycles. The van der Waals surface area contributed by atoms with Crippen molar-refractivity contribution in [3.8, 4) is 0 Å². The first-order valence-electron chi connectivity index (χ1n) is 9.56. The van der Waals surface area contributed by atoms with Gasteiger partial charge < -0.3 is 15.1 Å². The number of aromatic nitrogens is 2. The molecule has 1 aliphatic rings. The number of rotatable bonds is 4. The van der Waals surface area contributed by atoms with Crippen molar-refractivity contribution in [3.05, 3.63) is 77.7 Å². The summed E-state index contributed by atoms with van der Waals surface area (Å²) in [5, 5.41) is 11.2. The van der Waals surface area contributed by atoms with Crippen LogP contribution in [0.5, 0.6) is 0 Å². The van der Waals surface area contributed by atoms with Crippen LogP contribution in [-0.2, 0) is 0 Å². The van der Waals surface area contributed by atoms with E-state index in [9.17, 15) is 9.18 Å². The standard InChI is InChI=1S/C22H22FN5O/c1-16-4-2-3-5-19(16)24-22(29)20-10-11-21(26-25-20)28-14-12-27(13-15-28)18-8-6-17(23)7-9-18/h2-11H,12-15H2,1H3,(H,24,29). The summed E-state index contributed by atoms with van der Waals surface area (Å²) < 4.78 is 13.1. The predicted octanol–water partition coefficient (Wildman–Crippen LogP) is 3.50. The van der Waals surface area contributed by atoms with Crippen LogP contribution in [0.2, 0.25) is 0 Å². The van der Waals surface area contributed by atoms with Gasteiger partial charge in [0.25, 0.3) is 5.91 Å². The third-order valence-electron chi connectivity index (χ3n) is 5.07. The zero-order valence-corrected chi connectivity index (χ0v) is 16.2. The Labute approximate surface area is 169 Å². The largest absolute Gasteiger partial charge is 0.368 e. The number of para-hydroxylation sites is 1. The zero-order valence-electron chi connectivity index (χ0n) is 16.2. The molecule has 2 aromatic carbocycles. The average molecular weight is 391 g/mol. The first kappa shape index (κ1) is 18.9. The van der Waals surface area contributed by atoms with Crippen LogP contribution in [0.4, 0.5) is 21.6 Å². The molecule has 0 spiro atoms. The van der Waals surface area contributed by atoms with Crippen LogP contribution >= 0.6 is 0 Å². The molecular formula is C22H22FN5O. The Morgan fingerprint density at radius 3 is 2.24 bits per heavy atom. The highest BCUT2D eigenvalue weighted by molar-refractivity contribution is 6.03. The third-order valence-corrected chi connectivity index (χ3v) is 5.07. The van der Waals surface area contributed by atoms with Crippen molar-refractivity contribution >= 4 is 23.1 Å². The highest BCUT2D eigenvalue weighted by atomic mass is 19.1. The molecule has 1 N–H and O–H groups in total. The van der Waals surface area contributed by atoms with Gasteiger partial charge in [0.1, 0.15) is 5.82 Å². The summed E-state index contributed by atoms with van der Waals surface area (Å²) in [7, 11) is 0. The number of carbonyl (C=O) groups excluding carboxylic acids is 1. The molecule has 1 amide bonds. The number of hydrogen-bond donors (Lipinski definition) is 1. The summed E-state index contributed by atoms with van der Waals surface area (Å²) in [6.45, 7) is 5.11. The molecule has 29 heavy (non-hydrogen) atoms. The molecule has 1 saturated heterocycles. The highest BCUT2D eigenvalue weighted by Crippen LogP contribution is 2.20. The number of aryl methyl sites for hydroxylation is 1. The van der Waals surface area contributed by atoms with Gasteiger partial charge in [0.05, 0.1) is 0 Å². The average Bonchev–Trinajstić information content (AvgIpc) is 2.76. The molecule has 148 valence electrons. The molecule has 0 saturated carbocycles. The third kappa shape index (κ3) is 4.34. The number of anilines is 3. The fourth-order valence-corrected chi connectivity index (χ4v) is 3.36. The van der Waals surface area contributed by atoms with Gasteiger partial charge in [-0.3, -0.25) is 4.79 Å². The Morgan fingerprint density at radius 2 is 1.59 bits per heavy atom. The number of hydrogen-bond acceptors (Lipinski definition) is 5. The SMILES string of the molecule is Cc1ccccc1NC(=O)c1ccc(N2CCN(c3ccc(F)cc3)CC2)nn1. The lowest BCUT2D eigenvalue weighted by Crippen LogP contribution is -2.46. The van der Waals surface area contributed by atoms with Gasteiger partial charge >= 0.3 is 0 Å². The van der Waals surface area contributed by atoms with Crippen molar-refractivity contribution < 1.29 is 9.18 Å². The molecule has 0 atom stereocenters. The van der Waals surface area contributed by atoms with Crippen molar-refractivity contribution in [1.82, 2.24) is 10.2 Å². The predicted molar refractivity (Wildman–Crippen MR) is 112 cm³/mol. The van der Waals surface area contributed by atoms with E-state index < -0.39 is 0 Å². The lowest BCUT2D eigenvalue weighted by atomic mass is 10.2. The minimum Gasteiger partial charge on any atom is -0.368 e. The van der Waals surface area contributed by atoms with E-state index in [0.29, 0.717) is 0 Å². The summed E-state index contributed by atoms with van der Waals surface area (Å²) in [4.78, 5) is 16.8. The molecule has 6 nitrogen and oxygen atoms in total. The van der Waals surface area contributed by atoms with Crippen LogP contribution in [0.25, 0.3) is 0 Å². The van der Waals surface area contributed by atoms with E-state index >= 15 is 0 Å². The van der Waals surface area contributed by atoms with Crippen molar-refractivity contribution in [3.63, 3.8) is 0 Å². The van der Waals surface area contributed by atoms with E-state index in [2.05, 4.69) is 25.3 Å². The monoisotopic (exact) mass is 391 g/mol. The van der Waals surface area contributed by atoms with Gasteiger partial charge in [0.15, 0.2) is 11.5 Å². The molecular weight excluding hydrogens is 369 g/mol. The number of benzene rings is 2. The Balaban J connectivity index is 1.36. The van der Waals surface area contributed by atoms with Crippen molar-refractivity contribution in [1.29, 1.82) is 0 Å². The summed E-state index contributed by atoms with van der Waals surface area (Å²) >= 11 is 0. The molecule has 1 fully saturated rings. The summed E-state index contributed by atoms with van der Waals surface area (Å²) in [6.07, 6.45) is 0. The van der Waals surface area contributed by atoms with Gasteiger partial charge in [-0.05, 0) is 55.0 Å². The molecule has 4 rings (SSSR count). The van der Waals surface area contributed by atoms with Crippen LogP contribution in [0.1, 0.15) is 16.1 Å². The lowest BCUT2D eigenvalue weighted by Gasteiger charge is -2.36. The van der Waals surface area contributed by atoms with Gasteiger partial charge in [-0.15, -0.1) is 10.2 Å². The van der Waals surface area contributed by atoms with Gasteiger partial charge in [-0.25, -0.2) is 4.39 Å². The van der Waals surface area contributed by atoms with E-state index in [1.165, 1.54) is 12.1 Å². The molecule has 1 aromatic heterocycles. The van der Waals surface area contributed by atoms with E-state index in [4.69, 9.17) is 0 Å². The second kappa shape index (κ2) is 8.26.